The summed E-state index contributed by atoms with van der Waals surface area (Å²) in [5, 5.41) is 4.11. The number of carbonyl (C=O) groups is 1. The molecule has 28 heavy (non-hydrogen) atoms. The number of primary amides is 1. The summed E-state index contributed by atoms with van der Waals surface area (Å²) in [6, 6.07) is 19.8. The normalized spacial score (nSPS) is 12.1. The molecule has 0 aliphatic carbocycles. The maximum absolute atomic E-state index is 12.2. The van der Waals surface area contributed by atoms with Gasteiger partial charge in [-0.2, -0.15) is 5.10 Å². The number of nitrogens with two attached hydrogens (primary N) is 1. The van der Waals surface area contributed by atoms with E-state index < -0.39 is 5.92 Å². The second-order valence-corrected chi connectivity index (χ2v) is 6.92. The summed E-state index contributed by atoms with van der Waals surface area (Å²) >= 11 is 0. The average molecular weight is 371 g/mol. The Morgan fingerprint density at radius 2 is 1.61 bits per heavy atom. The Balaban J connectivity index is 1.65. The molecule has 2 aromatic heterocycles. The lowest BCUT2D eigenvalue weighted by Gasteiger charge is -2.17. The fourth-order valence-corrected chi connectivity index (χ4v) is 3.35. The standard InChI is InChI=1S/C22H21N5O/c1-26(2)19-9-7-17(8-10-19)21(22(23)28)16-5-3-15(4-6-16)18-11-12-27-20(13-18)24-14-25-27/h3-14,21H,1-2H3,(H2,23,28). The highest BCUT2D eigenvalue weighted by Crippen LogP contribution is 2.29. The van der Waals surface area contributed by atoms with Gasteiger partial charge < -0.3 is 10.6 Å². The van der Waals surface area contributed by atoms with Gasteiger partial charge in [-0.05, 0) is 46.5 Å². The van der Waals surface area contributed by atoms with Gasteiger partial charge in [-0.15, -0.1) is 0 Å². The van der Waals surface area contributed by atoms with Gasteiger partial charge in [0.1, 0.15) is 6.33 Å². The van der Waals surface area contributed by atoms with Crippen molar-refractivity contribution in [2.75, 3.05) is 19.0 Å². The molecule has 6 nitrogen and oxygen atoms in total. The predicted octanol–water partition coefficient (Wildman–Crippen LogP) is 3.08. The lowest BCUT2D eigenvalue weighted by Crippen LogP contribution is -2.22. The van der Waals surface area contributed by atoms with Crippen molar-refractivity contribution in [3.05, 3.63) is 84.3 Å². The number of rotatable bonds is 5. The quantitative estimate of drug-likeness (QED) is 0.585. The molecule has 2 aromatic carbocycles. The molecule has 1 amide bonds. The van der Waals surface area contributed by atoms with Crippen molar-refractivity contribution in [2.24, 2.45) is 5.73 Å². The summed E-state index contributed by atoms with van der Waals surface area (Å²) in [5.74, 6) is -0.848. The maximum atomic E-state index is 12.2. The zero-order valence-corrected chi connectivity index (χ0v) is 15.8. The van der Waals surface area contributed by atoms with Crippen LogP contribution < -0.4 is 10.6 Å². The van der Waals surface area contributed by atoms with Crippen LogP contribution in [-0.4, -0.2) is 34.6 Å². The van der Waals surface area contributed by atoms with E-state index in [2.05, 4.69) is 10.1 Å². The van der Waals surface area contributed by atoms with Crippen molar-refractivity contribution in [3.8, 4) is 11.1 Å². The van der Waals surface area contributed by atoms with Gasteiger partial charge in [-0.3, -0.25) is 4.79 Å². The van der Waals surface area contributed by atoms with Crippen LogP contribution in [-0.2, 0) is 4.79 Å². The Hall–Kier alpha value is -3.67. The van der Waals surface area contributed by atoms with Crippen LogP contribution in [0.3, 0.4) is 0 Å². The van der Waals surface area contributed by atoms with E-state index in [9.17, 15) is 4.79 Å². The Kier molecular flexibility index (Phi) is 4.53. The number of nitrogens with zero attached hydrogens (tertiary/aromatic N) is 4. The molecule has 6 heteroatoms. The van der Waals surface area contributed by atoms with Gasteiger partial charge in [0.25, 0.3) is 0 Å². The third kappa shape index (κ3) is 3.32. The molecule has 1 unspecified atom stereocenters. The lowest BCUT2D eigenvalue weighted by molar-refractivity contribution is -0.118. The zero-order chi connectivity index (χ0) is 19.7. The minimum absolute atomic E-state index is 0.366. The van der Waals surface area contributed by atoms with Crippen LogP contribution in [0, 0.1) is 0 Å². The van der Waals surface area contributed by atoms with Crippen LogP contribution in [0.1, 0.15) is 17.0 Å². The first-order valence-corrected chi connectivity index (χ1v) is 8.99. The summed E-state index contributed by atoms with van der Waals surface area (Å²) < 4.78 is 1.72. The molecule has 4 aromatic rings. The Labute approximate surface area is 163 Å². The molecule has 0 saturated carbocycles. The van der Waals surface area contributed by atoms with Crippen LogP contribution in [0.2, 0.25) is 0 Å². The van der Waals surface area contributed by atoms with Crippen LogP contribution >= 0.6 is 0 Å². The number of benzene rings is 2. The number of aromatic nitrogens is 3. The van der Waals surface area contributed by atoms with E-state index in [1.807, 2.05) is 85.9 Å². The number of anilines is 1. The van der Waals surface area contributed by atoms with Crippen LogP contribution in [0.15, 0.2) is 73.2 Å². The molecule has 0 aliphatic rings. The number of fused-ring (bicyclic) bond motifs is 1. The molecule has 0 spiro atoms. The molecule has 0 aliphatic heterocycles. The molecule has 4 rings (SSSR count). The highest BCUT2D eigenvalue weighted by atomic mass is 16.1. The van der Waals surface area contributed by atoms with Crippen molar-refractivity contribution >= 4 is 17.2 Å². The first-order chi connectivity index (χ1) is 13.5. The summed E-state index contributed by atoms with van der Waals surface area (Å²) in [6.45, 7) is 0. The van der Waals surface area contributed by atoms with Gasteiger partial charge in [-0.1, -0.05) is 36.4 Å². The number of hydrogen-bond acceptors (Lipinski definition) is 4. The lowest BCUT2D eigenvalue weighted by atomic mass is 9.89. The molecule has 2 N–H and O–H groups in total. The van der Waals surface area contributed by atoms with Crippen molar-refractivity contribution in [3.63, 3.8) is 0 Å². The van der Waals surface area contributed by atoms with Gasteiger partial charge in [0.15, 0.2) is 5.65 Å². The van der Waals surface area contributed by atoms with E-state index in [0.29, 0.717) is 0 Å². The van der Waals surface area contributed by atoms with Crippen LogP contribution in [0.5, 0.6) is 0 Å². The van der Waals surface area contributed by atoms with Crippen molar-refractivity contribution in [1.29, 1.82) is 0 Å². The first kappa shape index (κ1) is 17.7. The van der Waals surface area contributed by atoms with Gasteiger partial charge in [0.05, 0.1) is 5.92 Å². The van der Waals surface area contributed by atoms with E-state index in [1.165, 1.54) is 6.33 Å². The number of pyridine rings is 1. The molecule has 0 radical (unpaired) electrons. The molecule has 140 valence electrons. The minimum Gasteiger partial charge on any atom is -0.378 e. The predicted molar refractivity (Wildman–Crippen MR) is 110 cm³/mol. The second kappa shape index (κ2) is 7.15. The maximum Gasteiger partial charge on any atom is 0.229 e. The van der Waals surface area contributed by atoms with Crippen molar-refractivity contribution < 1.29 is 4.79 Å². The molecular weight excluding hydrogens is 350 g/mol. The highest BCUT2D eigenvalue weighted by molar-refractivity contribution is 5.86. The molecule has 0 fully saturated rings. The van der Waals surface area contributed by atoms with Crippen LogP contribution in [0.4, 0.5) is 5.69 Å². The monoisotopic (exact) mass is 371 g/mol. The van der Waals surface area contributed by atoms with Gasteiger partial charge in [-0.25, -0.2) is 9.50 Å². The van der Waals surface area contributed by atoms with Crippen LogP contribution in [0.25, 0.3) is 16.8 Å². The van der Waals surface area contributed by atoms with E-state index >= 15 is 0 Å². The SMILES string of the molecule is CN(C)c1ccc(C(C(N)=O)c2ccc(-c3ccn4ncnc4c3)cc2)cc1. The zero-order valence-electron chi connectivity index (χ0n) is 15.8. The smallest absolute Gasteiger partial charge is 0.229 e. The number of carbonyl (C=O) groups excluding carboxylic acids is 1. The largest absolute Gasteiger partial charge is 0.378 e. The third-order valence-electron chi connectivity index (χ3n) is 4.89. The topological polar surface area (TPSA) is 76.5 Å². The Morgan fingerprint density at radius 1 is 0.964 bits per heavy atom. The van der Waals surface area contributed by atoms with Gasteiger partial charge >= 0.3 is 0 Å². The van der Waals surface area contributed by atoms with E-state index in [0.717, 1.165) is 33.6 Å². The molecular formula is C22H21N5O. The van der Waals surface area contributed by atoms with E-state index in [-0.39, 0.29) is 5.91 Å². The molecule has 1 atom stereocenters. The Morgan fingerprint density at radius 3 is 2.21 bits per heavy atom. The fourth-order valence-electron chi connectivity index (χ4n) is 3.35. The number of amides is 1. The average Bonchev–Trinajstić information content (AvgIpc) is 3.16. The Bertz CT molecular complexity index is 1110. The van der Waals surface area contributed by atoms with Gasteiger partial charge in [0.2, 0.25) is 5.91 Å². The fraction of sp³-hybridized carbons (Fsp3) is 0.136. The molecule has 0 saturated heterocycles. The second-order valence-electron chi connectivity index (χ2n) is 6.92. The summed E-state index contributed by atoms with van der Waals surface area (Å²) in [4.78, 5) is 18.4. The third-order valence-corrected chi connectivity index (χ3v) is 4.89. The number of hydrogen-bond donors (Lipinski definition) is 1. The van der Waals surface area contributed by atoms with Crippen molar-refractivity contribution in [1.82, 2.24) is 14.6 Å². The van der Waals surface area contributed by atoms with E-state index in [1.54, 1.807) is 4.52 Å². The molecule has 0 bridgehead atoms. The summed E-state index contributed by atoms with van der Waals surface area (Å²) in [7, 11) is 3.96. The first-order valence-electron chi connectivity index (χ1n) is 8.99. The van der Waals surface area contributed by atoms with Crippen molar-refractivity contribution in [2.45, 2.75) is 5.92 Å². The minimum atomic E-state index is -0.482. The summed E-state index contributed by atoms with van der Waals surface area (Å²) in [6.07, 6.45) is 3.41. The molecule has 2 heterocycles. The van der Waals surface area contributed by atoms with E-state index in [4.69, 9.17) is 5.73 Å². The highest BCUT2D eigenvalue weighted by Gasteiger charge is 2.20. The summed E-state index contributed by atoms with van der Waals surface area (Å²) in [5.41, 5.74) is 11.4. The van der Waals surface area contributed by atoms with Gasteiger partial charge in [0, 0.05) is 26.0 Å².